The molecule has 1 aromatic carbocycles. The summed E-state index contributed by atoms with van der Waals surface area (Å²) in [5, 5.41) is 10.3. The van der Waals surface area contributed by atoms with Gasteiger partial charge in [-0.1, -0.05) is 26.0 Å². The number of nitrogen functional groups attached to an aromatic ring is 1. The van der Waals surface area contributed by atoms with Gasteiger partial charge in [0.15, 0.2) is 23.5 Å². The molecule has 180 valence electrons. The van der Waals surface area contributed by atoms with Gasteiger partial charge < -0.3 is 15.6 Å². The van der Waals surface area contributed by atoms with Crippen molar-refractivity contribution in [2.24, 2.45) is 0 Å². The monoisotopic (exact) mass is 510 g/mol. The molecule has 15 heteroatoms. The predicted molar refractivity (Wildman–Crippen MR) is 117 cm³/mol. The lowest BCUT2D eigenvalue weighted by Crippen LogP contribution is -2.37. The molecule has 2 saturated heterocycles. The molecule has 0 spiro atoms. The first-order valence-corrected chi connectivity index (χ1v) is 12.9. The minimum atomic E-state index is -4.31. The van der Waals surface area contributed by atoms with Crippen LogP contribution in [0.4, 0.5) is 5.95 Å². The van der Waals surface area contributed by atoms with E-state index in [0.29, 0.717) is 0 Å². The van der Waals surface area contributed by atoms with E-state index in [0.717, 1.165) is 10.1 Å². The van der Waals surface area contributed by atoms with Crippen LogP contribution in [0.15, 0.2) is 39.1 Å². The van der Waals surface area contributed by atoms with Gasteiger partial charge in [-0.15, -0.1) is 9.05 Å². The quantitative estimate of drug-likeness (QED) is 0.424. The number of sulfone groups is 1. The van der Waals surface area contributed by atoms with Crippen molar-refractivity contribution >= 4 is 35.2 Å². The number of rotatable bonds is 4. The van der Waals surface area contributed by atoms with Crippen LogP contribution in [0.25, 0.3) is 11.2 Å². The van der Waals surface area contributed by atoms with Crippen LogP contribution >= 0.6 is 8.25 Å². The molecule has 0 bridgehead atoms. The summed E-state index contributed by atoms with van der Waals surface area (Å²) in [5.41, 5.74) is 5.36. The molecule has 0 saturated carbocycles. The third-order valence-corrected chi connectivity index (χ3v) is 8.19. The first-order chi connectivity index (χ1) is 16.1. The summed E-state index contributed by atoms with van der Waals surface area (Å²) >= 11 is 0. The highest BCUT2D eigenvalue weighted by Crippen LogP contribution is 2.44. The van der Waals surface area contributed by atoms with E-state index in [-0.39, 0.29) is 34.5 Å². The van der Waals surface area contributed by atoms with E-state index in [1.165, 1.54) is 12.1 Å². The summed E-state index contributed by atoms with van der Waals surface area (Å²) in [6, 6.07) is 6.25. The van der Waals surface area contributed by atoms with Gasteiger partial charge in [0.2, 0.25) is 20.9 Å². The largest absolute Gasteiger partial charge is 0.697 e. The van der Waals surface area contributed by atoms with Crippen LogP contribution < -0.4 is 11.3 Å². The number of aliphatic hydroxyl groups is 1. The number of fused-ring (bicyclic) bond motifs is 2. The Morgan fingerprint density at radius 2 is 1.97 bits per heavy atom. The Hall–Kier alpha value is -2.74. The molecule has 2 aliphatic rings. The van der Waals surface area contributed by atoms with Gasteiger partial charge in [0.05, 0.1) is 4.90 Å². The van der Waals surface area contributed by atoms with Gasteiger partial charge in [-0.05, 0) is 23.6 Å². The molecule has 5 atom stereocenters. The molecule has 5 rings (SSSR count). The van der Waals surface area contributed by atoms with Gasteiger partial charge in [-0.2, -0.15) is 4.98 Å². The Morgan fingerprint density at radius 1 is 1.26 bits per heavy atom. The second kappa shape index (κ2) is 8.18. The Kier molecular flexibility index (Phi) is 5.54. The normalized spacial score (nSPS) is 26.3. The Balaban J connectivity index is 1.70. The number of H-pyrrole nitrogens is 1. The van der Waals surface area contributed by atoms with E-state index in [9.17, 15) is 22.9 Å². The van der Waals surface area contributed by atoms with Gasteiger partial charge >= 0.3 is 8.25 Å². The SMILES string of the molecule is CC(C)c1ccc(S(=O)(=O)c2nc3c(=O)[nH]c(N)nc3n2[C@@H]2OC3CO[P+](=O)O[C@H]3C2O)cc1. The Bertz CT molecular complexity index is 1450. The van der Waals surface area contributed by atoms with Crippen molar-refractivity contribution in [2.45, 2.75) is 54.4 Å². The fourth-order valence-corrected chi connectivity index (χ4v) is 6.15. The second-order valence-corrected chi connectivity index (χ2v) is 11.0. The van der Waals surface area contributed by atoms with Gasteiger partial charge in [0.1, 0.15) is 18.8 Å². The van der Waals surface area contributed by atoms with Crippen LogP contribution in [0.2, 0.25) is 0 Å². The number of ether oxygens (including phenoxy) is 1. The first-order valence-electron chi connectivity index (χ1n) is 10.3. The highest BCUT2D eigenvalue weighted by molar-refractivity contribution is 7.91. The standard InChI is InChI=1S/C19H20N5O8PS/c1-8(2)9-3-5-10(6-4-9)34(28,29)19-21-12-15(22-18(20)23-16(12)26)24(19)17-13(25)14-11(31-17)7-30-33(27)32-14/h3-6,8,11,13-14,17,25H,7H2,1-2H3,(H2-,20,22,23,26)/p+1/t11?,13?,14-,17-/m1/s1. The van der Waals surface area contributed by atoms with Crippen molar-refractivity contribution < 1.29 is 31.9 Å². The predicted octanol–water partition coefficient (Wildman–Crippen LogP) is 0.989. The van der Waals surface area contributed by atoms with Crippen LogP contribution in [-0.4, -0.2) is 58.0 Å². The minimum absolute atomic E-state index is 0.0783. The summed E-state index contributed by atoms with van der Waals surface area (Å²) in [7, 11) is -6.78. The minimum Gasteiger partial charge on any atom is -0.385 e. The average Bonchev–Trinajstić information content (AvgIpc) is 3.32. The maximum atomic E-state index is 13.6. The number of benzene rings is 1. The lowest BCUT2D eigenvalue weighted by atomic mass is 10.0. The number of aromatic amines is 1. The van der Waals surface area contributed by atoms with Crippen molar-refractivity contribution in [3.8, 4) is 0 Å². The van der Waals surface area contributed by atoms with E-state index in [1.807, 2.05) is 13.8 Å². The van der Waals surface area contributed by atoms with Gasteiger partial charge in [0.25, 0.3) is 5.56 Å². The average molecular weight is 510 g/mol. The molecule has 0 amide bonds. The highest BCUT2D eigenvalue weighted by Gasteiger charge is 2.55. The number of aliphatic hydroxyl groups excluding tert-OH is 1. The lowest BCUT2D eigenvalue weighted by molar-refractivity contribution is -0.0585. The molecule has 4 N–H and O–H groups in total. The first kappa shape index (κ1) is 23.0. The van der Waals surface area contributed by atoms with Gasteiger partial charge in [-0.25, -0.2) is 13.4 Å². The summed E-state index contributed by atoms with van der Waals surface area (Å²) in [5.74, 6) is -0.0948. The number of nitrogens with zero attached hydrogens (tertiary/aromatic N) is 3. The van der Waals surface area contributed by atoms with Crippen LogP contribution in [0, 0.1) is 0 Å². The van der Waals surface area contributed by atoms with Gasteiger partial charge in [0, 0.05) is 4.57 Å². The maximum Gasteiger partial charge on any atom is 0.697 e. The summed E-state index contributed by atoms with van der Waals surface area (Å²) in [4.78, 5) is 22.8. The maximum absolute atomic E-state index is 13.6. The van der Waals surface area contributed by atoms with E-state index in [1.54, 1.807) is 12.1 Å². The molecule has 0 radical (unpaired) electrons. The van der Waals surface area contributed by atoms with E-state index >= 15 is 0 Å². The molecule has 3 unspecified atom stereocenters. The van der Waals surface area contributed by atoms with Crippen molar-refractivity contribution in [1.29, 1.82) is 0 Å². The zero-order valence-corrected chi connectivity index (χ0v) is 19.7. The highest BCUT2D eigenvalue weighted by atomic mass is 32.2. The lowest BCUT2D eigenvalue weighted by Gasteiger charge is -2.19. The van der Waals surface area contributed by atoms with Crippen molar-refractivity contribution in [1.82, 2.24) is 19.5 Å². The molecular weight excluding hydrogens is 489 g/mol. The van der Waals surface area contributed by atoms with Crippen LogP contribution in [-0.2, 0) is 28.2 Å². The molecule has 3 aromatic rings. The number of hydrogen-bond donors (Lipinski definition) is 3. The fourth-order valence-electron chi connectivity index (χ4n) is 4.00. The van der Waals surface area contributed by atoms with E-state index < -0.39 is 53.3 Å². The molecule has 2 aliphatic heterocycles. The van der Waals surface area contributed by atoms with Crippen molar-refractivity contribution in [3.05, 3.63) is 40.2 Å². The van der Waals surface area contributed by atoms with E-state index in [4.69, 9.17) is 19.5 Å². The Labute approximate surface area is 193 Å². The zero-order valence-electron chi connectivity index (χ0n) is 18.0. The van der Waals surface area contributed by atoms with Crippen LogP contribution in [0.3, 0.4) is 0 Å². The summed E-state index contributed by atoms with van der Waals surface area (Å²) in [6.07, 6.45) is -4.76. The van der Waals surface area contributed by atoms with Crippen LogP contribution in [0.1, 0.15) is 31.6 Å². The summed E-state index contributed by atoms with van der Waals surface area (Å²) in [6.45, 7) is 3.81. The number of imidazole rings is 1. The molecular formula is C19H21N5O8PS+. The van der Waals surface area contributed by atoms with E-state index in [2.05, 4.69) is 15.0 Å². The number of nitrogens with two attached hydrogens (primary N) is 1. The fraction of sp³-hybridized carbons (Fsp3) is 0.421. The molecule has 2 fully saturated rings. The second-order valence-electron chi connectivity index (χ2n) is 8.26. The smallest absolute Gasteiger partial charge is 0.385 e. The topological polar surface area (TPSA) is 189 Å². The van der Waals surface area contributed by atoms with Crippen molar-refractivity contribution in [2.75, 3.05) is 12.3 Å². The Morgan fingerprint density at radius 3 is 2.65 bits per heavy atom. The molecule has 34 heavy (non-hydrogen) atoms. The molecule has 4 heterocycles. The molecule has 13 nitrogen and oxygen atoms in total. The third kappa shape index (κ3) is 3.63. The summed E-state index contributed by atoms with van der Waals surface area (Å²) < 4.78 is 55.9. The third-order valence-electron chi connectivity index (χ3n) is 5.75. The number of nitrogens with one attached hydrogen (secondary N) is 1. The number of hydrogen-bond acceptors (Lipinski definition) is 11. The molecule has 2 aromatic heterocycles. The van der Waals surface area contributed by atoms with Crippen molar-refractivity contribution in [3.63, 3.8) is 0 Å². The zero-order chi connectivity index (χ0) is 24.4. The van der Waals surface area contributed by atoms with Crippen LogP contribution in [0.5, 0.6) is 0 Å². The van der Waals surface area contributed by atoms with Gasteiger partial charge in [-0.3, -0.25) is 14.3 Å². The molecule has 0 aliphatic carbocycles. The number of anilines is 1. The number of aromatic nitrogens is 4.